The number of hydrogen-bond acceptors (Lipinski definition) is 5. The van der Waals surface area contributed by atoms with E-state index in [0.29, 0.717) is 0 Å². The molecule has 1 rings (SSSR count). The molecule has 0 aliphatic rings. The third-order valence-electron chi connectivity index (χ3n) is 2.52. The molecule has 0 saturated heterocycles. The van der Waals surface area contributed by atoms with Crippen molar-refractivity contribution in [2.45, 2.75) is 12.5 Å². The number of methoxy groups -OCH3 is 1. The summed E-state index contributed by atoms with van der Waals surface area (Å²) >= 11 is 5.73. The topological polar surface area (TPSA) is 102 Å². The molecular weight excluding hydrogens is 288 g/mol. The Kier molecular flexibility index (Phi) is 6.37. The summed E-state index contributed by atoms with van der Waals surface area (Å²) in [5, 5.41) is 23.0. The second-order valence-corrected chi connectivity index (χ2v) is 4.51. The molecule has 1 amide bonds. The number of amides is 1. The first-order chi connectivity index (χ1) is 9.45. The number of nitro groups is 1. The zero-order chi connectivity index (χ0) is 15.1. The second-order valence-electron chi connectivity index (χ2n) is 4.07. The third kappa shape index (κ3) is 4.76. The van der Waals surface area contributed by atoms with Crippen molar-refractivity contribution >= 4 is 23.2 Å². The van der Waals surface area contributed by atoms with E-state index >= 15 is 0 Å². The van der Waals surface area contributed by atoms with Crippen LogP contribution in [-0.2, 0) is 4.74 Å². The summed E-state index contributed by atoms with van der Waals surface area (Å²) in [6.07, 6.45) is -0.414. The van der Waals surface area contributed by atoms with Crippen LogP contribution in [0, 0.1) is 10.1 Å². The lowest BCUT2D eigenvalue weighted by molar-refractivity contribution is -0.385. The summed E-state index contributed by atoms with van der Waals surface area (Å²) in [4.78, 5) is 22.1. The number of halogens is 1. The van der Waals surface area contributed by atoms with Gasteiger partial charge in [0.05, 0.1) is 17.6 Å². The first kappa shape index (κ1) is 16.4. The largest absolute Gasteiger partial charge is 0.391 e. The van der Waals surface area contributed by atoms with Gasteiger partial charge >= 0.3 is 0 Å². The van der Waals surface area contributed by atoms with E-state index in [4.69, 9.17) is 16.3 Å². The number of carbonyl (C=O) groups excluding carboxylic acids is 1. The van der Waals surface area contributed by atoms with Crippen molar-refractivity contribution in [3.05, 3.63) is 38.9 Å². The summed E-state index contributed by atoms with van der Waals surface area (Å²) < 4.78 is 4.74. The summed E-state index contributed by atoms with van der Waals surface area (Å²) in [6.45, 7) is 0.334. The van der Waals surface area contributed by atoms with Gasteiger partial charge in [-0.3, -0.25) is 14.9 Å². The molecule has 0 radical (unpaired) electrons. The van der Waals surface area contributed by atoms with Gasteiger partial charge in [0, 0.05) is 24.7 Å². The number of hydrogen-bond donors (Lipinski definition) is 2. The predicted molar refractivity (Wildman–Crippen MR) is 72.9 cm³/mol. The minimum absolute atomic E-state index is 0.108. The van der Waals surface area contributed by atoms with Gasteiger partial charge in [-0.25, -0.2) is 0 Å². The number of aliphatic hydroxyl groups is 1. The molecule has 110 valence electrons. The Balaban J connectivity index is 2.68. The van der Waals surface area contributed by atoms with Crippen LogP contribution in [0.4, 0.5) is 5.69 Å². The van der Waals surface area contributed by atoms with Gasteiger partial charge in [-0.15, -0.1) is 0 Å². The van der Waals surface area contributed by atoms with E-state index in [1.165, 1.54) is 25.3 Å². The number of aliphatic hydroxyl groups excluding tert-OH is 1. The van der Waals surface area contributed by atoms with Crippen LogP contribution in [0.25, 0.3) is 0 Å². The first-order valence-corrected chi connectivity index (χ1v) is 6.22. The molecule has 8 heteroatoms. The van der Waals surface area contributed by atoms with E-state index < -0.39 is 16.9 Å². The van der Waals surface area contributed by atoms with E-state index in [-0.39, 0.29) is 35.8 Å². The molecule has 1 unspecified atom stereocenters. The monoisotopic (exact) mass is 302 g/mol. The van der Waals surface area contributed by atoms with Crippen LogP contribution in [0.2, 0.25) is 5.02 Å². The molecule has 1 atom stereocenters. The van der Waals surface area contributed by atoms with E-state index in [1.54, 1.807) is 0 Å². The molecule has 0 heterocycles. The Morgan fingerprint density at radius 1 is 1.60 bits per heavy atom. The number of carbonyl (C=O) groups is 1. The standard InChI is InChI=1S/C12H15ClN2O5/c1-20-7-9(16)4-5-14-12(17)10-6-8(13)2-3-11(10)15(18)19/h2-3,6,9,16H,4-5,7H2,1H3,(H,14,17). The van der Waals surface area contributed by atoms with Crippen LogP contribution < -0.4 is 5.32 Å². The fraction of sp³-hybridized carbons (Fsp3) is 0.417. The number of nitrogens with zero attached hydrogens (tertiary/aromatic N) is 1. The van der Waals surface area contributed by atoms with Crippen LogP contribution >= 0.6 is 11.6 Å². The number of benzene rings is 1. The minimum atomic E-state index is -0.699. The van der Waals surface area contributed by atoms with Gasteiger partial charge in [0.1, 0.15) is 5.56 Å². The number of ether oxygens (including phenoxy) is 1. The van der Waals surface area contributed by atoms with Gasteiger partial charge in [0.15, 0.2) is 0 Å². The maximum Gasteiger partial charge on any atom is 0.282 e. The van der Waals surface area contributed by atoms with Crippen molar-refractivity contribution in [1.82, 2.24) is 5.32 Å². The summed E-state index contributed by atoms with van der Waals surface area (Å²) in [5.74, 6) is -0.608. The van der Waals surface area contributed by atoms with E-state index in [1.807, 2.05) is 0 Å². The van der Waals surface area contributed by atoms with Gasteiger partial charge in [0.2, 0.25) is 0 Å². The molecule has 20 heavy (non-hydrogen) atoms. The molecule has 0 saturated carbocycles. The fourth-order valence-corrected chi connectivity index (χ4v) is 1.74. The van der Waals surface area contributed by atoms with Crippen molar-refractivity contribution in [3.8, 4) is 0 Å². The van der Waals surface area contributed by atoms with Crippen molar-refractivity contribution in [2.24, 2.45) is 0 Å². The van der Waals surface area contributed by atoms with Gasteiger partial charge in [-0.1, -0.05) is 11.6 Å². The van der Waals surface area contributed by atoms with Gasteiger partial charge in [0.25, 0.3) is 11.6 Å². The van der Waals surface area contributed by atoms with Crippen LogP contribution in [0.3, 0.4) is 0 Å². The van der Waals surface area contributed by atoms with E-state index in [2.05, 4.69) is 5.32 Å². The minimum Gasteiger partial charge on any atom is -0.391 e. The van der Waals surface area contributed by atoms with Crippen molar-refractivity contribution in [3.63, 3.8) is 0 Å². The molecule has 1 aromatic carbocycles. The normalized spacial score (nSPS) is 11.9. The molecule has 1 aromatic rings. The van der Waals surface area contributed by atoms with Crippen molar-refractivity contribution in [2.75, 3.05) is 20.3 Å². The van der Waals surface area contributed by atoms with Crippen molar-refractivity contribution in [1.29, 1.82) is 0 Å². The molecule has 0 aliphatic carbocycles. The van der Waals surface area contributed by atoms with Crippen LogP contribution in [0.1, 0.15) is 16.8 Å². The maximum absolute atomic E-state index is 11.9. The second kappa shape index (κ2) is 7.78. The molecule has 0 spiro atoms. The van der Waals surface area contributed by atoms with Gasteiger partial charge in [-0.2, -0.15) is 0 Å². The lowest BCUT2D eigenvalue weighted by Crippen LogP contribution is -2.29. The smallest absolute Gasteiger partial charge is 0.282 e. The molecule has 0 bridgehead atoms. The Bertz CT molecular complexity index is 495. The van der Waals surface area contributed by atoms with Crippen LogP contribution in [-0.4, -0.2) is 42.3 Å². The molecular formula is C12H15ClN2O5. The quantitative estimate of drug-likeness (QED) is 0.585. The van der Waals surface area contributed by atoms with Gasteiger partial charge in [-0.05, 0) is 18.6 Å². The van der Waals surface area contributed by atoms with Crippen LogP contribution in [0.15, 0.2) is 18.2 Å². The molecule has 0 fully saturated rings. The zero-order valence-electron chi connectivity index (χ0n) is 10.8. The lowest BCUT2D eigenvalue weighted by atomic mass is 10.1. The first-order valence-electron chi connectivity index (χ1n) is 5.85. The fourth-order valence-electron chi connectivity index (χ4n) is 1.57. The average Bonchev–Trinajstić information content (AvgIpc) is 2.38. The number of nitrogens with one attached hydrogen (secondary N) is 1. The van der Waals surface area contributed by atoms with Crippen molar-refractivity contribution < 1.29 is 19.6 Å². The number of nitro benzene ring substituents is 1. The van der Waals surface area contributed by atoms with Gasteiger partial charge < -0.3 is 15.2 Å². The number of rotatable bonds is 7. The van der Waals surface area contributed by atoms with Crippen LogP contribution in [0.5, 0.6) is 0 Å². The Morgan fingerprint density at radius 3 is 2.90 bits per heavy atom. The Hall–Kier alpha value is -1.70. The highest BCUT2D eigenvalue weighted by Crippen LogP contribution is 2.22. The zero-order valence-corrected chi connectivity index (χ0v) is 11.6. The molecule has 2 N–H and O–H groups in total. The maximum atomic E-state index is 11.9. The van der Waals surface area contributed by atoms with E-state index in [0.717, 1.165) is 0 Å². The summed E-state index contributed by atoms with van der Waals surface area (Å²) in [6, 6.07) is 3.76. The molecule has 7 nitrogen and oxygen atoms in total. The lowest BCUT2D eigenvalue weighted by Gasteiger charge is -2.10. The average molecular weight is 303 g/mol. The highest BCUT2D eigenvalue weighted by Gasteiger charge is 2.20. The Morgan fingerprint density at radius 2 is 2.30 bits per heavy atom. The highest BCUT2D eigenvalue weighted by molar-refractivity contribution is 6.31. The SMILES string of the molecule is COCC(O)CCNC(=O)c1cc(Cl)ccc1[N+](=O)[O-]. The van der Waals surface area contributed by atoms with E-state index in [9.17, 15) is 20.0 Å². The molecule has 0 aliphatic heterocycles. The molecule has 0 aromatic heterocycles. The summed E-state index contributed by atoms with van der Waals surface area (Å²) in [7, 11) is 1.46. The highest BCUT2D eigenvalue weighted by atomic mass is 35.5. The third-order valence-corrected chi connectivity index (χ3v) is 2.76. The summed E-state index contributed by atoms with van der Waals surface area (Å²) in [5.41, 5.74) is -0.423. The Labute approximate surface area is 120 Å². The predicted octanol–water partition coefficient (Wildman–Crippen LogP) is 1.38.